The number of phenols is 2. The Kier molecular flexibility index (Phi) is 6.09. The van der Waals surface area contributed by atoms with E-state index < -0.39 is 0 Å². The number of likely N-dealkylation sites (N-methyl/N-ethyl adjacent to an activating group) is 2. The molecule has 2 aromatic rings. The molecule has 2 saturated carbocycles. The summed E-state index contributed by atoms with van der Waals surface area (Å²) in [6.07, 6.45) is 15.9. The number of hydrogen-bond acceptors (Lipinski definition) is 4. The fourth-order valence-corrected chi connectivity index (χ4v) is 10.4. The minimum absolute atomic E-state index is 0.377. The zero-order valence-corrected chi connectivity index (χ0v) is 23.5. The van der Waals surface area contributed by atoms with Crippen LogP contribution in [-0.4, -0.2) is 59.3 Å². The van der Waals surface area contributed by atoms with Gasteiger partial charge in [0, 0.05) is 22.9 Å². The minimum atomic E-state index is 0.377. The lowest BCUT2D eigenvalue weighted by molar-refractivity contribution is 0.00272. The Bertz CT molecular complexity index is 1120. The molecule has 0 spiro atoms. The van der Waals surface area contributed by atoms with Crippen molar-refractivity contribution in [1.82, 2.24) is 9.80 Å². The molecule has 204 valence electrons. The fourth-order valence-electron chi connectivity index (χ4n) is 10.4. The van der Waals surface area contributed by atoms with Gasteiger partial charge in [0.2, 0.25) is 0 Å². The van der Waals surface area contributed by atoms with Crippen LogP contribution in [0.1, 0.15) is 86.5 Å². The van der Waals surface area contributed by atoms with Crippen molar-refractivity contribution in [1.29, 1.82) is 0 Å². The van der Waals surface area contributed by atoms with Gasteiger partial charge in [0.15, 0.2) is 0 Å². The number of likely N-dealkylation sites (tertiary alicyclic amines) is 2. The first-order valence-corrected chi connectivity index (χ1v) is 15.5. The van der Waals surface area contributed by atoms with E-state index in [1.165, 1.54) is 112 Å². The summed E-state index contributed by atoms with van der Waals surface area (Å²) in [5.41, 5.74) is 6.71. The van der Waals surface area contributed by atoms with Crippen LogP contribution < -0.4 is 0 Å². The fraction of sp³-hybridized carbons (Fsp3) is 0.647. The summed E-state index contributed by atoms with van der Waals surface area (Å²) in [7, 11) is 4.60. The molecule has 2 aromatic carbocycles. The van der Waals surface area contributed by atoms with Crippen LogP contribution in [0.5, 0.6) is 11.5 Å². The normalized spacial score (nSPS) is 37.5. The third-order valence-corrected chi connectivity index (χ3v) is 12.2. The molecule has 4 nitrogen and oxygen atoms in total. The van der Waals surface area contributed by atoms with E-state index >= 15 is 0 Å². The average molecular weight is 515 g/mol. The number of fused-ring (bicyclic) bond motifs is 2. The molecule has 4 aliphatic carbocycles. The molecule has 0 unspecified atom stereocenters. The van der Waals surface area contributed by atoms with Crippen molar-refractivity contribution in [3.8, 4) is 11.5 Å². The van der Waals surface area contributed by atoms with E-state index in [2.05, 4.69) is 48.2 Å². The number of piperidine rings is 2. The van der Waals surface area contributed by atoms with E-state index in [0.717, 1.165) is 23.9 Å². The van der Waals surface area contributed by atoms with Crippen molar-refractivity contribution in [2.75, 3.05) is 27.2 Å². The third-order valence-electron chi connectivity index (χ3n) is 12.2. The summed E-state index contributed by atoms with van der Waals surface area (Å²) in [6.45, 7) is 2.44. The first-order valence-electron chi connectivity index (χ1n) is 15.5. The highest BCUT2D eigenvalue weighted by molar-refractivity contribution is 5.46. The Labute approximate surface area is 229 Å². The topological polar surface area (TPSA) is 46.9 Å². The number of hydrogen-bond donors (Lipinski definition) is 2. The van der Waals surface area contributed by atoms with Crippen LogP contribution in [0.2, 0.25) is 0 Å². The van der Waals surface area contributed by atoms with E-state index in [1.807, 2.05) is 12.1 Å². The summed E-state index contributed by atoms with van der Waals surface area (Å²) >= 11 is 0. The van der Waals surface area contributed by atoms with Gasteiger partial charge in [-0.25, -0.2) is 0 Å². The Morgan fingerprint density at radius 3 is 1.53 bits per heavy atom. The molecular formula is C34H46N2O2. The second kappa shape index (κ2) is 9.27. The van der Waals surface area contributed by atoms with Gasteiger partial charge in [-0.2, -0.15) is 0 Å². The lowest BCUT2D eigenvalue weighted by Gasteiger charge is -2.58. The molecule has 2 N–H and O–H groups in total. The van der Waals surface area contributed by atoms with E-state index in [0.29, 0.717) is 22.3 Å². The Morgan fingerprint density at radius 1 is 0.632 bits per heavy atom. The van der Waals surface area contributed by atoms with Crippen molar-refractivity contribution in [3.05, 3.63) is 58.7 Å². The standard InChI is InChI=1S/2C17H23NO/c2*1-18-9-8-17-7-3-2-4-14(17)16(18)10-12-5-6-13(19)11-15(12)17/h2*5-6,11,14,16,19H,2-4,7-10H2,1H3/t2*14-,16+,17+/m00/s1. The number of nitrogens with zero attached hydrogens (tertiary/aromatic N) is 2. The van der Waals surface area contributed by atoms with Crippen LogP contribution in [0, 0.1) is 11.8 Å². The maximum absolute atomic E-state index is 9.91. The van der Waals surface area contributed by atoms with Crippen molar-refractivity contribution < 1.29 is 10.2 Å². The molecule has 6 aliphatic rings. The largest absolute Gasteiger partial charge is 0.508 e. The van der Waals surface area contributed by atoms with Gasteiger partial charge in [-0.1, -0.05) is 37.8 Å². The molecule has 4 bridgehead atoms. The summed E-state index contributed by atoms with van der Waals surface area (Å²) in [5, 5.41) is 19.8. The highest BCUT2D eigenvalue weighted by atomic mass is 16.3. The molecule has 4 fully saturated rings. The highest BCUT2D eigenvalue weighted by Gasteiger charge is 2.54. The van der Waals surface area contributed by atoms with Gasteiger partial charge in [0.05, 0.1) is 0 Å². The average Bonchev–Trinajstić information content (AvgIpc) is 2.94. The van der Waals surface area contributed by atoms with Gasteiger partial charge in [0.25, 0.3) is 0 Å². The molecule has 2 aliphatic heterocycles. The summed E-state index contributed by atoms with van der Waals surface area (Å²) in [4.78, 5) is 5.17. The molecule has 38 heavy (non-hydrogen) atoms. The van der Waals surface area contributed by atoms with Crippen LogP contribution in [0.3, 0.4) is 0 Å². The van der Waals surface area contributed by atoms with Crippen LogP contribution >= 0.6 is 0 Å². The van der Waals surface area contributed by atoms with Gasteiger partial charge in [-0.05, 0) is 137 Å². The first kappa shape index (κ1) is 25.0. The van der Waals surface area contributed by atoms with Crippen LogP contribution in [-0.2, 0) is 23.7 Å². The van der Waals surface area contributed by atoms with Crippen molar-refractivity contribution in [2.24, 2.45) is 11.8 Å². The van der Waals surface area contributed by atoms with E-state index in [1.54, 1.807) is 0 Å². The van der Waals surface area contributed by atoms with Crippen LogP contribution in [0.4, 0.5) is 0 Å². The van der Waals surface area contributed by atoms with Crippen molar-refractivity contribution in [2.45, 2.75) is 100.0 Å². The molecular weight excluding hydrogens is 468 g/mol. The van der Waals surface area contributed by atoms with Crippen molar-refractivity contribution >= 4 is 0 Å². The molecule has 6 atom stereocenters. The number of aromatic hydroxyl groups is 2. The maximum Gasteiger partial charge on any atom is 0.115 e. The van der Waals surface area contributed by atoms with E-state index in [4.69, 9.17) is 0 Å². The zero-order chi connectivity index (χ0) is 26.1. The lowest BCUT2D eigenvalue weighted by Crippen LogP contribution is -2.59. The monoisotopic (exact) mass is 514 g/mol. The highest BCUT2D eigenvalue weighted by Crippen LogP contribution is 2.57. The SMILES string of the molecule is CN1CC[C@]23CCCC[C@H]2[C@H]1Cc1ccc(O)cc13.CN1CC[C@]23CCCC[C@H]2[C@H]1Cc1ccc(O)cc13. The zero-order valence-electron chi connectivity index (χ0n) is 23.5. The third kappa shape index (κ3) is 3.69. The lowest BCUT2D eigenvalue weighted by atomic mass is 9.52. The first-order chi connectivity index (χ1) is 18.4. The molecule has 2 heterocycles. The van der Waals surface area contributed by atoms with Gasteiger partial charge in [-0.15, -0.1) is 0 Å². The maximum atomic E-state index is 9.91. The molecule has 8 rings (SSSR count). The number of phenolic OH excluding ortho intramolecular Hbond substituents is 2. The summed E-state index contributed by atoms with van der Waals surface area (Å²) in [6, 6.07) is 13.7. The smallest absolute Gasteiger partial charge is 0.115 e. The predicted molar refractivity (Wildman–Crippen MR) is 153 cm³/mol. The van der Waals surface area contributed by atoms with Gasteiger partial charge >= 0.3 is 0 Å². The van der Waals surface area contributed by atoms with E-state index in [9.17, 15) is 10.2 Å². The van der Waals surface area contributed by atoms with Gasteiger partial charge in [-0.3, -0.25) is 0 Å². The molecule has 4 heteroatoms. The van der Waals surface area contributed by atoms with Crippen LogP contribution in [0.15, 0.2) is 36.4 Å². The number of benzene rings is 2. The Hall–Kier alpha value is -2.04. The molecule has 2 saturated heterocycles. The summed E-state index contributed by atoms with van der Waals surface area (Å²) in [5.74, 6) is 2.54. The van der Waals surface area contributed by atoms with Gasteiger partial charge in [0.1, 0.15) is 11.5 Å². The quantitative estimate of drug-likeness (QED) is 0.442. The van der Waals surface area contributed by atoms with Crippen molar-refractivity contribution in [3.63, 3.8) is 0 Å². The molecule has 0 aromatic heterocycles. The van der Waals surface area contributed by atoms with Crippen LogP contribution in [0.25, 0.3) is 0 Å². The molecule has 0 amide bonds. The Balaban J connectivity index is 0.000000127. The molecule has 0 radical (unpaired) electrons. The second-order valence-electron chi connectivity index (χ2n) is 13.7. The van der Waals surface area contributed by atoms with Gasteiger partial charge < -0.3 is 20.0 Å². The predicted octanol–water partition coefficient (Wildman–Crippen LogP) is 6.16. The minimum Gasteiger partial charge on any atom is -0.508 e. The Morgan fingerprint density at radius 2 is 1.08 bits per heavy atom. The van der Waals surface area contributed by atoms with E-state index in [-0.39, 0.29) is 0 Å². The second-order valence-corrected chi connectivity index (χ2v) is 13.7. The summed E-state index contributed by atoms with van der Waals surface area (Å²) < 4.78 is 0. The number of rotatable bonds is 0.